The Morgan fingerprint density at radius 1 is 0.621 bits per heavy atom. The molecule has 3 nitrogen and oxygen atoms in total. The van der Waals surface area contributed by atoms with Crippen molar-refractivity contribution in [3.63, 3.8) is 0 Å². The molecule has 2 fully saturated rings. The number of nitrogens with zero attached hydrogens (tertiary/aromatic N) is 1. The number of benzene rings is 2. The Morgan fingerprint density at radius 3 is 1.52 bits per heavy atom. The Bertz CT molecular complexity index is 847. The van der Waals surface area contributed by atoms with Gasteiger partial charge in [-0.1, -0.05) is 92.1 Å². The molecule has 3 aliphatic rings. The molecule has 4 atom stereocenters. The fourth-order valence-electron chi connectivity index (χ4n) is 5.66. The van der Waals surface area contributed by atoms with Crippen molar-refractivity contribution in [1.29, 1.82) is 0 Å². The van der Waals surface area contributed by atoms with Gasteiger partial charge in [0.1, 0.15) is 0 Å². The third-order valence-electron chi connectivity index (χ3n) is 7.04. The minimum Gasteiger partial charge on any atom is -0.279 e. The SMILES string of the molecule is O=C1[C@@H]2[C@H](C(=O)N1C1CCCCC1)[C@@H](c1ccccc1)C=C[C@H]2c1ccccc1. The molecule has 148 valence electrons. The molecule has 0 spiro atoms. The van der Waals surface area contributed by atoms with Gasteiger partial charge in [-0.25, -0.2) is 0 Å². The first-order chi connectivity index (χ1) is 14.3. The van der Waals surface area contributed by atoms with E-state index in [2.05, 4.69) is 36.4 Å². The average Bonchev–Trinajstić information content (AvgIpc) is 3.06. The van der Waals surface area contributed by atoms with Crippen LogP contribution in [0.15, 0.2) is 72.8 Å². The van der Waals surface area contributed by atoms with Crippen molar-refractivity contribution in [2.24, 2.45) is 11.8 Å². The third-order valence-corrected chi connectivity index (χ3v) is 7.04. The molecule has 0 unspecified atom stereocenters. The molecule has 0 aromatic heterocycles. The largest absolute Gasteiger partial charge is 0.279 e. The van der Waals surface area contributed by atoms with Gasteiger partial charge < -0.3 is 0 Å². The number of hydrogen-bond acceptors (Lipinski definition) is 2. The van der Waals surface area contributed by atoms with Crippen molar-refractivity contribution >= 4 is 11.8 Å². The topological polar surface area (TPSA) is 37.4 Å². The number of amides is 2. The molecule has 0 radical (unpaired) electrons. The number of allylic oxidation sites excluding steroid dienone is 2. The van der Waals surface area contributed by atoms with Crippen LogP contribution in [0.4, 0.5) is 0 Å². The van der Waals surface area contributed by atoms with E-state index in [9.17, 15) is 9.59 Å². The Morgan fingerprint density at radius 2 is 1.07 bits per heavy atom. The summed E-state index contributed by atoms with van der Waals surface area (Å²) in [5, 5.41) is 0. The molecule has 29 heavy (non-hydrogen) atoms. The first kappa shape index (κ1) is 18.4. The number of hydrogen-bond donors (Lipinski definition) is 0. The molecular weight excluding hydrogens is 358 g/mol. The van der Waals surface area contributed by atoms with Crippen LogP contribution in [0.1, 0.15) is 55.1 Å². The second kappa shape index (κ2) is 7.62. The standard InChI is InChI=1S/C26H27NO2/c28-25-23-21(18-10-4-1-5-11-18)16-17-22(19-12-6-2-7-13-19)24(23)26(29)27(25)20-14-8-3-9-15-20/h1-2,4-7,10-13,16-17,20-24H,3,8-9,14-15H2/t21-,22+,23-,24+. The predicted octanol–water partition coefficient (Wildman–Crippen LogP) is 5.06. The number of imide groups is 1. The summed E-state index contributed by atoms with van der Waals surface area (Å²) in [6.45, 7) is 0. The van der Waals surface area contributed by atoms with Crippen LogP contribution >= 0.6 is 0 Å². The summed E-state index contributed by atoms with van der Waals surface area (Å²) in [5.41, 5.74) is 2.24. The van der Waals surface area contributed by atoms with Crippen LogP contribution in [0.2, 0.25) is 0 Å². The monoisotopic (exact) mass is 385 g/mol. The van der Waals surface area contributed by atoms with E-state index in [1.54, 1.807) is 4.90 Å². The normalized spacial score (nSPS) is 29.9. The quantitative estimate of drug-likeness (QED) is 0.547. The lowest BCUT2D eigenvalue weighted by molar-refractivity contribution is -0.143. The fourth-order valence-corrected chi connectivity index (χ4v) is 5.66. The average molecular weight is 386 g/mol. The highest BCUT2D eigenvalue weighted by atomic mass is 16.2. The zero-order chi connectivity index (χ0) is 19.8. The van der Waals surface area contributed by atoms with Gasteiger partial charge in [0.25, 0.3) is 0 Å². The van der Waals surface area contributed by atoms with Gasteiger partial charge in [0.05, 0.1) is 11.8 Å². The maximum atomic E-state index is 13.7. The van der Waals surface area contributed by atoms with Crippen LogP contribution in [-0.4, -0.2) is 22.8 Å². The molecule has 0 N–H and O–H groups in total. The van der Waals surface area contributed by atoms with Crippen molar-refractivity contribution in [3.8, 4) is 0 Å². The van der Waals surface area contributed by atoms with E-state index in [0.29, 0.717) is 0 Å². The molecule has 2 aromatic rings. The first-order valence-electron chi connectivity index (χ1n) is 10.9. The highest BCUT2D eigenvalue weighted by Crippen LogP contribution is 2.50. The maximum Gasteiger partial charge on any atom is 0.234 e. The summed E-state index contributed by atoms with van der Waals surface area (Å²) in [6.07, 6.45) is 9.68. The van der Waals surface area contributed by atoms with Gasteiger partial charge in [0, 0.05) is 17.9 Å². The lowest BCUT2D eigenvalue weighted by Crippen LogP contribution is -2.42. The fraction of sp³-hybridized carbons (Fsp3) is 0.385. The van der Waals surface area contributed by atoms with Gasteiger partial charge in [-0.15, -0.1) is 0 Å². The zero-order valence-corrected chi connectivity index (χ0v) is 16.6. The van der Waals surface area contributed by atoms with Crippen molar-refractivity contribution in [1.82, 2.24) is 4.90 Å². The Hall–Kier alpha value is -2.68. The third kappa shape index (κ3) is 3.13. The van der Waals surface area contributed by atoms with Crippen LogP contribution < -0.4 is 0 Å². The second-order valence-corrected chi connectivity index (χ2v) is 8.65. The molecule has 2 aromatic carbocycles. The molecular formula is C26H27NO2. The van der Waals surface area contributed by atoms with Gasteiger partial charge >= 0.3 is 0 Å². The van der Waals surface area contributed by atoms with Crippen LogP contribution in [0.25, 0.3) is 0 Å². The number of fused-ring (bicyclic) bond motifs is 1. The zero-order valence-electron chi connectivity index (χ0n) is 16.6. The second-order valence-electron chi connectivity index (χ2n) is 8.65. The van der Waals surface area contributed by atoms with Gasteiger partial charge in [-0.05, 0) is 24.0 Å². The van der Waals surface area contributed by atoms with E-state index in [1.807, 2.05) is 36.4 Å². The summed E-state index contributed by atoms with van der Waals surface area (Å²) in [4.78, 5) is 29.0. The number of rotatable bonds is 3. The lowest BCUT2D eigenvalue weighted by Gasteiger charge is -2.32. The predicted molar refractivity (Wildman–Crippen MR) is 113 cm³/mol. The van der Waals surface area contributed by atoms with Crippen LogP contribution in [0.5, 0.6) is 0 Å². The highest BCUT2D eigenvalue weighted by molar-refractivity contribution is 6.07. The van der Waals surface area contributed by atoms with Crippen LogP contribution in [-0.2, 0) is 9.59 Å². The highest BCUT2D eigenvalue weighted by Gasteiger charge is 2.56. The molecule has 1 saturated heterocycles. The first-order valence-corrected chi connectivity index (χ1v) is 10.9. The Kier molecular flexibility index (Phi) is 4.83. The van der Waals surface area contributed by atoms with Crippen LogP contribution in [0.3, 0.4) is 0 Å². The van der Waals surface area contributed by atoms with Crippen molar-refractivity contribution < 1.29 is 9.59 Å². The molecule has 2 aliphatic carbocycles. The van der Waals surface area contributed by atoms with Gasteiger partial charge in [0.2, 0.25) is 11.8 Å². The van der Waals surface area contributed by atoms with E-state index in [1.165, 1.54) is 6.42 Å². The summed E-state index contributed by atoms with van der Waals surface area (Å²) in [7, 11) is 0. The minimum atomic E-state index is -0.304. The van der Waals surface area contributed by atoms with Crippen molar-refractivity contribution in [2.75, 3.05) is 0 Å². The van der Waals surface area contributed by atoms with Crippen molar-refractivity contribution in [2.45, 2.75) is 50.0 Å². The van der Waals surface area contributed by atoms with Crippen LogP contribution in [0, 0.1) is 11.8 Å². The summed E-state index contributed by atoms with van der Waals surface area (Å²) < 4.78 is 0. The van der Waals surface area contributed by atoms with E-state index in [0.717, 1.165) is 36.8 Å². The molecule has 1 saturated carbocycles. The minimum absolute atomic E-state index is 0.0359. The smallest absolute Gasteiger partial charge is 0.234 e. The van der Waals surface area contributed by atoms with Gasteiger partial charge in [-0.2, -0.15) is 0 Å². The molecule has 2 amide bonds. The molecule has 0 bridgehead atoms. The number of likely N-dealkylation sites (tertiary alicyclic amines) is 1. The summed E-state index contributed by atoms with van der Waals surface area (Å²) in [5.74, 6) is -0.585. The molecule has 1 aliphatic heterocycles. The lowest BCUT2D eigenvalue weighted by atomic mass is 9.68. The number of carbonyl (C=O) groups is 2. The molecule has 3 heteroatoms. The Labute approximate surface area is 172 Å². The molecule has 1 heterocycles. The van der Waals surface area contributed by atoms with E-state index < -0.39 is 0 Å². The Balaban J connectivity index is 1.58. The number of carbonyl (C=O) groups excluding carboxylic acids is 2. The van der Waals surface area contributed by atoms with E-state index in [4.69, 9.17) is 0 Å². The maximum absolute atomic E-state index is 13.7. The summed E-state index contributed by atoms with van der Waals surface area (Å²) in [6, 6.07) is 20.5. The van der Waals surface area contributed by atoms with Gasteiger partial charge in [-0.3, -0.25) is 14.5 Å². The van der Waals surface area contributed by atoms with Crippen molar-refractivity contribution in [3.05, 3.63) is 83.9 Å². The van der Waals surface area contributed by atoms with Gasteiger partial charge in [0.15, 0.2) is 0 Å². The van der Waals surface area contributed by atoms with E-state index >= 15 is 0 Å². The summed E-state index contributed by atoms with van der Waals surface area (Å²) >= 11 is 0. The molecule has 5 rings (SSSR count). The van der Waals surface area contributed by atoms with E-state index in [-0.39, 0.29) is 41.5 Å².